The number of alkyl halides is 1. The number of azo groups is 1. The molecule has 0 saturated heterocycles. The van der Waals surface area contributed by atoms with E-state index >= 15 is 0 Å². The zero-order valence-electron chi connectivity index (χ0n) is 10.5. The topological polar surface area (TPSA) is 101 Å². The number of nitrogens with two attached hydrogens (primary N) is 1. The summed E-state index contributed by atoms with van der Waals surface area (Å²) in [5, 5.41) is 8.82. The number of nitrogens with one attached hydrogen (secondary N) is 1. The van der Waals surface area contributed by atoms with E-state index in [1.807, 2.05) is 0 Å². The van der Waals surface area contributed by atoms with Crippen molar-refractivity contribution in [1.29, 1.82) is 0 Å². The second-order valence-corrected chi connectivity index (χ2v) is 6.08. The molecule has 7 nitrogen and oxygen atoms in total. The smallest absolute Gasteiger partial charge is 0.282 e. The van der Waals surface area contributed by atoms with Crippen LogP contribution in [0.2, 0.25) is 15.1 Å². The predicted molar refractivity (Wildman–Crippen MR) is 86.7 cm³/mol. The lowest BCUT2D eigenvalue weighted by molar-refractivity contribution is 0.675. The van der Waals surface area contributed by atoms with Crippen LogP contribution in [-0.2, 0) is 5.12 Å². The maximum absolute atomic E-state index is 12.6. The molecule has 1 aromatic carbocycles. The van der Waals surface area contributed by atoms with Crippen LogP contribution in [0.1, 0.15) is 5.56 Å². The van der Waals surface area contributed by atoms with Crippen LogP contribution in [0.3, 0.4) is 0 Å². The van der Waals surface area contributed by atoms with Crippen molar-refractivity contribution in [3.05, 3.63) is 43.1 Å². The Morgan fingerprint density at radius 1 is 1.23 bits per heavy atom. The maximum atomic E-state index is 12.6. The summed E-state index contributed by atoms with van der Waals surface area (Å²) in [6, 6.07) is 2.88. The van der Waals surface area contributed by atoms with Crippen LogP contribution in [0.15, 0.2) is 32.1 Å². The van der Waals surface area contributed by atoms with Crippen molar-refractivity contribution in [2.24, 2.45) is 15.2 Å². The largest absolute Gasteiger partial charge is 0.384 e. The third-order valence-electron chi connectivity index (χ3n) is 2.91. The summed E-state index contributed by atoms with van der Waals surface area (Å²) in [7, 11) is 0. The summed E-state index contributed by atoms with van der Waals surface area (Å²) in [5.74, 6) is -0.0277. The molecule has 0 aliphatic carbocycles. The van der Waals surface area contributed by atoms with E-state index in [4.69, 9.17) is 52.1 Å². The summed E-state index contributed by atoms with van der Waals surface area (Å²) >= 11 is 24.2. The summed E-state index contributed by atoms with van der Waals surface area (Å²) in [6.45, 7) is 0. The molecule has 1 aromatic heterocycles. The van der Waals surface area contributed by atoms with Gasteiger partial charge in [-0.05, 0) is 12.1 Å². The zero-order valence-corrected chi connectivity index (χ0v) is 13.5. The number of aliphatic imine (C=N–C) groups is 1. The van der Waals surface area contributed by atoms with Crippen LogP contribution in [0.4, 0.5) is 5.82 Å². The fourth-order valence-corrected chi connectivity index (χ4v) is 3.27. The Hall–Kier alpha value is -1.54. The third kappa shape index (κ3) is 2.30. The van der Waals surface area contributed by atoms with Gasteiger partial charge in [0.1, 0.15) is 23.4 Å². The van der Waals surface area contributed by atoms with E-state index in [1.54, 1.807) is 0 Å². The van der Waals surface area contributed by atoms with E-state index in [2.05, 4.69) is 20.3 Å². The zero-order chi connectivity index (χ0) is 16.1. The van der Waals surface area contributed by atoms with Gasteiger partial charge < -0.3 is 5.73 Å². The highest BCUT2D eigenvalue weighted by molar-refractivity contribution is 6.40. The number of H-pyrrole nitrogens is 1. The molecule has 0 spiro atoms. The predicted octanol–water partition coefficient (Wildman–Crippen LogP) is 3.55. The van der Waals surface area contributed by atoms with Crippen molar-refractivity contribution < 1.29 is 0 Å². The highest BCUT2D eigenvalue weighted by Crippen LogP contribution is 2.37. The number of benzene rings is 1. The summed E-state index contributed by atoms with van der Waals surface area (Å²) in [5.41, 5.74) is 5.34. The van der Waals surface area contributed by atoms with E-state index in [-0.39, 0.29) is 27.1 Å². The molecule has 0 amide bonds. The molecule has 1 aliphatic heterocycles. The van der Waals surface area contributed by atoms with Gasteiger partial charge in [0.2, 0.25) is 0 Å². The molecule has 1 atom stereocenters. The van der Waals surface area contributed by atoms with Crippen molar-refractivity contribution in [2.75, 3.05) is 5.73 Å². The van der Waals surface area contributed by atoms with E-state index in [1.165, 1.54) is 12.1 Å². The standard InChI is InChI=1S/C11H6Cl4N6O/c12-4-1-5(13)8(6(14)2-4)21-10(22)7(9(16)19-21)11(15)17-3-18-20-11/h1-3,19H,16H2. The van der Waals surface area contributed by atoms with Crippen LogP contribution in [-0.4, -0.2) is 16.1 Å². The van der Waals surface area contributed by atoms with Gasteiger partial charge >= 0.3 is 0 Å². The van der Waals surface area contributed by atoms with Crippen molar-refractivity contribution in [3.8, 4) is 5.69 Å². The fourth-order valence-electron chi connectivity index (χ4n) is 2.01. The number of nitrogen functional groups attached to an aromatic ring is 1. The maximum Gasteiger partial charge on any atom is 0.282 e. The number of hydrogen-bond acceptors (Lipinski definition) is 5. The first-order valence-corrected chi connectivity index (χ1v) is 7.25. The van der Waals surface area contributed by atoms with E-state index < -0.39 is 10.7 Å². The molecule has 1 aliphatic rings. The Labute approximate surface area is 143 Å². The number of rotatable bonds is 2. The molecule has 3 rings (SSSR count). The summed E-state index contributed by atoms with van der Waals surface area (Å²) in [4.78, 5) is 16.4. The van der Waals surface area contributed by atoms with Crippen LogP contribution in [0, 0.1) is 0 Å². The number of nitrogens with zero attached hydrogens (tertiary/aromatic N) is 4. The molecule has 2 heterocycles. The Balaban J connectivity index is 2.26. The summed E-state index contributed by atoms with van der Waals surface area (Å²) < 4.78 is 1.05. The molecule has 0 fully saturated rings. The van der Waals surface area contributed by atoms with Crippen LogP contribution >= 0.6 is 46.4 Å². The Bertz CT molecular complexity index is 848. The average Bonchev–Trinajstić information content (AvgIpc) is 2.94. The van der Waals surface area contributed by atoms with Crippen molar-refractivity contribution in [2.45, 2.75) is 5.12 Å². The molecule has 22 heavy (non-hydrogen) atoms. The Kier molecular flexibility index (Phi) is 3.68. The highest BCUT2D eigenvalue weighted by atomic mass is 35.5. The van der Waals surface area contributed by atoms with Crippen molar-refractivity contribution in [3.63, 3.8) is 0 Å². The van der Waals surface area contributed by atoms with Crippen LogP contribution in [0.5, 0.6) is 0 Å². The van der Waals surface area contributed by atoms with Gasteiger partial charge in [-0.25, -0.2) is 9.67 Å². The van der Waals surface area contributed by atoms with Crippen LogP contribution in [0.25, 0.3) is 5.69 Å². The lowest BCUT2D eigenvalue weighted by Crippen LogP contribution is -2.25. The molecule has 1 unspecified atom stereocenters. The molecule has 2 aromatic rings. The quantitative estimate of drug-likeness (QED) is 0.615. The lowest BCUT2D eigenvalue weighted by atomic mass is 10.2. The first-order valence-electron chi connectivity index (χ1n) is 5.74. The first kappa shape index (κ1) is 15.4. The Morgan fingerprint density at radius 3 is 2.41 bits per heavy atom. The van der Waals surface area contributed by atoms with E-state index in [9.17, 15) is 4.79 Å². The molecule has 114 valence electrons. The number of anilines is 1. The Morgan fingerprint density at radius 2 is 1.86 bits per heavy atom. The molecular weight excluding hydrogens is 374 g/mol. The van der Waals surface area contributed by atoms with Gasteiger partial charge in [-0.1, -0.05) is 46.4 Å². The van der Waals surface area contributed by atoms with E-state index in [0.717, 1.165) is 11.0 Å². The van der Waals surface area contributed by atoms with Gasteiger partial charge in [0.15, 0.2) is 0 Å². The number of aromatic nitrogens is 2. The van der Waals surface area contributed by atoms with Crippen molar-refractivity contribution >= 4 is 58.6 Å². The number of halogens is 4. The van der Waals surface area contributed by atoms with Gasteiger partial charge in [-0.3, -0.25) is 9.89 Å². The molecular formula is C11H6Cl4N6O. The highest BCUT2D eigenvalue weighted by Gasteiger charge is 2.38. The fraction of sp³-hybridized carbons (Fsp3) is 0.0909. The molecule has 0 bridgehead atoms. The molecule has 11 heteroatoms. The average molecular weight is 380 g/mol. The summed E-state index contributed by atoms with van der Waals surface area (Å²) in [6.07, 6.45) is 1.13. The molecule has 0 radical (unpaired) electrons. The minimum absolute atomic E-state index is 0.0277. The minimum atomic E-state index is -1.70. The lowest BCUT2D eigenvalue weighted by Gasteiger charge is -2.10. The van der Waals surface area contributed by atoms with Crippen LogP contribution < -0.4 is 11.3 Å². The van der Waals surface area contributed by atoms with Gasteiger partial charge in [0, 0.05) is 5.02 Å². The van der Waals surface area contributed by atoms with Gasteiger partial charge in [0.05, 0.1) is 10.0 Å². The molecule has 0 saturated carbocycles. The van der Waals surface area contributed by atoms with Crippen molar-refractivity contribution in [1.82, 2.24) is 9.78 Å². The minimum Gasteiger partial charge on any atom is -0.384 e. The normalized spacial score (nSPS) is 20.0. The van der Waals surface area contributed by atoms with Gasteiger partial charge in [-0.2, -0.15) is 0 Å². The second kappa shape index (κ2) is 5.27. The monoisotopic (exact) mass is 378 g/mol. The van der Waals surface area contributed by atoms with E-state index in [0.29, 0.717) is 5.02 Å². The first-order chi connectivity index (χ1) is 10.3. The third-order valence-corrected chi connectivity index (χ3v) is 4.07. The SMILES string of the molecule is Nc1[nH]n(-c2c(Cl)cc(Cl)cc2Cl)c(=O)c1C1(Cl)N=CN=N1. The second-order valence-electron chi connectivity index (χ2n) is 4.31. The number of hydrogen-bond donors (Lipinski definition) is 2. The van der Waals surface area contributed by atoms with Gasteiger partial charge in [-0.15, -0.1) is 10.2 Å². The molecule has 3 N–H and O–H groups in total. The number of aromatic amines is 1. The van der Waals surface area contributed by atoms with Gasteiger partial charge in [0.25, 0.3) is 10.7 Å².